The first-order valence-corrected chi connectivity index (χ1v) is 16.8. The molecule has 0 atom stereocenters. The first kappa shape index (κ1) is 26.0. The molecular formula is C43H23N3OS. The number of nitrogens with zero attached hydrogens (tertiary/aromatic N) is 3. The number of thiophene rings is 1. The van der Waals surface area contributed by atoms with Gasteiger partial charge in [-0.1, -0.05) is 115 Å². The Bertz CT molecular complexity index is 2950. The van der Waals surface area contributed by atoms with E-state index in [1.54, 1.807) is 11.3 Å². The summed E-state index contributed by atoms with van der Waals surface area (Å²) in [6.07, 6.45) is 0. The fraction of sp³-hybridized carbons (Fsp3) is 0. The summed E-state index contributed by atoms with van der Waals surface area (Å²) in [4.78, 5) is 15.7. The third-order valence-electron chi connectivity index (χ3n) is 9.66. The van der Waals surface area contributed by atoms with Crippen LogP contribution in [0.4, 0.5) is 0 Å². The molecule has 1 aliphatic rings. The van der Waals surface area contributed by atoms with Gasteiger partial charge >= 0.3 is 0 Å². The number of hydrogen-bond donors (Lipinski definition) is 0. The SMILES string of the molecule is c1ccc(-c2nc(-c3ccc4c(c3)sc3ccccc34)nc(-c3c4c(cc5oc6ccccc6c35)-c3cccc5cccc-4c35)n2)cc1. The fourth-order valence-corrected chi connectivity index (χ4v) is 8.72. The van der Waals surface area contributed by atoms with Gasteiger partial charge in [-0.15, -0.1) is 11.3 Å². The predicted molar refractivity (Wildman–Crippen MR) is 198 cm³/mol. The number of hydrogen-bond acceptors (Lipinski definition) is 5. The maximum Gasteiger partial charge on any atom is 0.165 e. The quantitative estimate of drug-likeness (QED) is 0.195. The van der Waals surface area contributed by atoms with Gasteiger partial charge < -0.3 is 4.42 Å². The molecule has 7 aromatic carbocycles. The molecule has 0 spiro atoms. The van der Waals surface area contributed by atoms with E-state index in [1.807, 2.05) is 30.3 Å². The minimum atomic E-state index is 0.633. The Morgan fingerprint density at radius 1 is 0.417 bits per heavy atom. The summed E-state index contributed by atoms with van der Waals surface area (Å²) in [5.41, 5.74) is 9.21. The van der Waals surface area contributed by atoms with E-state index in [0.717, 1.165) is 49.8 Å². The highest BCUT2D eigenvalue weighted by atomic mass is 32.1. The van der Waals surface area contributed by atoms with Crippen LogP contribution in [-0.4, -0.2) is 15.0 Å². The van der Waals surface area contributed by atoms with Gasteiger partial charge in [0.2, 0.25) is 0 Å². The van der Waals surface area contributed by atoms with Gasteiger partial charge in [-0.2, -0.15) is 0 Å². The molecule has 0 saturated carbocycles. The molecule has 4 nitrogen and oxygen atoms in total. The van der Waals surface area contributed by atoms with E-state index in [2.05, 4.69) is 109 Å². The molecule has 0 amide bonds. The summed E-state index contributed by atoms with van der Waals surface area (Å²) in [7, 11) is 0. The molecule has 3 heterocycles. The molecule has 1 aliphatic carbocycles. The molecule has 0 radical (unpaired) electrons. The fourth-order valence-electron chi connectivity index (χ4n) is 7.57. The Balaban J connectivity index is 1.26. The monoisotopic (exact) mass is 629 g/mol. The molecule has 3 aromatic heterocycles. The van der Waals surface area contributed by atoms with E-state index < -0.39 is 0 Å². The molecule has 0 saturated heterocycles. The Morgan fingerprint density at radius 3 is 2.00 bits per heavy atom. The van der Waals surface area contributed by atoms with E-state index in [0.29, 0.717) is 17.5 Å². The molecule has 10 aromatic rings. The molecule has 222 valence electrons. The summed E-state index contributed by atoms with van der Waals surface area (Å²) < 4.78 is 9.05. The Labute approximate surface area is 278 Å². The maximum absolute atomic E-state index is 6.57. The highest BCUT2D eigenvalue weighted by Crippen LogP contribution is 2.54. The summed E-state index contributed by atoms with van der Waals surface area (Å²) in [6.45, 7) is 0. The van der Waals surface area contributed by atoms with E-state index in [1.165, 1.54) is 42.1 Å². The molecule has 5 heteroatoms. The topological polar surface area (TPSA) is 51.8 Å². The molecule has 0 aliphatic heterocycles. The molecule has 0 fully saturated rings. The minimum absolute atomic E-state index is 0.633. The van der Waals surface area contributed by atoms with Crippen molar-refractivity contribution in [3.05, 3.63) is 140 Å². The van der Waals surface area contributed by atoms with Crippen molar-refractivity contribution in [2.24, 2.45) is 0 Å². The first-order valence-electron chi connectivity index (χ1n) is 16.0. The minimum Gasteiger partial charge on any atom is -0.456 e. The van der Waals surface area contributed by atoms with Crippen molar-refractivity contribution in [3.63, 3.8) is 0 Å². The summed E-state index contributed by atoms with van der Waals surface area (Å²) in [5, 5.41) is 7.05. The van der Waals surface area contributed by atoms with Crippen LogP contribution in [0, 0.1) is 0 Å². The zero-order valence-electron chi connectivity index (χ0n) is 25.4. The zero-order valence-corrected chi connectivity index (χ0v) is 26.3. The van der Waals surface area contributed by atoms with Gasteiger partial charge in [-0.05, 0) is 51.7 Å². The standard InChI is InChI=1S/C43H23N3OS/c1-2-10-25(11-3-1)41-44-42(26-20-21-28-27-14-5-7-19-35(27)48-36(28)22-26)46-43(45-41)40-38-31-17-9-13-24-12-8-16-29(37(24)31)32(38)23-34-39(40)30-15-4-6-18-33(30)47-34/h1-23H. The summed E-state index contributed by atoms with van der Waals surface area (Å²) >= 11 is 1.80. The summed E-state index contributed by atoms with van der Waals surface area (Å²) in [5.74, 6) is 1.92. The van der Waals surface area contributed by atoms with Crippen molar-refractivity contribution >= 4 is 64.2 Å². The lowest BCUT2D eigenvalue weighted by atomic mass is 9.93. The van der Waals surface area contributed by atoms with Crippen molar-refractivity contribution in [2.75, 3.05) is 0 Å². The highest BCUT2D eigenvalue weighted by Gasteiger charge is 2.30. The summed E-state index contributed by atoms with van der Waals surface area (Å²) in [6, 6.07) is 48.9. The number of furan rings is 1. The van der Waals surface area contributed by atoms with Crippen LogP contribution in [0.1, 0.15) is 0 Å². The third kappa shape index (κ3) is 3.62. The van der Waals surface area contributed by atoms with E-state index in [9.17, 15) is 0 Å². The zero-order chi connectivity index (χ0) is 31.3. The number of benzene rings is 7. The molecule has 0 bridgehead atoms. The second kappa shape index (κ2) is 9.67. The lowest BCUT2D eigenvalue weighted by Gasteiger charge is -2.14. The highest BCUT2D eigenvalue weighted by molar-refractivity contribution is 7.25. The Morgan fingerprint density at radius 2 is 1.12 bits per heavy atom. The van der Waals surface area contributed by atoms with Crippen LogP contribution < -0.4 is 0 Å². The largest absolute Gasteiger partial charge is 0.456 e. The van der Waals surface area contributed by atoms with Crippen LogP contribution in [0.25, 0.3) is 109 Å². The van der Waals surface area contributed by atoms with Gasteiger partial charge in [-0.25, -0.2) is 15.0 Å². The normalized spacial score (nSPS) is 12.2. The third-order valence-corrected chi connectivity index (χ3v) is 10.8. The van der Waals surface area contributed by atoms with E-state index >= 15 is 0 Å². The second-order valence-electron chi connectivity index (χ2n) is 12.3. The van der Waals surface area contributed by atoms with Crippen molar-refractivity contribution in [1.29, 1.82) is 0 Å². The van der Waals surface area contributed by atoms with Crippen molar-refractivity contribution in [3.8, 4) is 56.4 Å². The van der Waals surface area contributed by atoms with Crippen LogP contribution >= 0.6 is 11.3 Å². The number of aromatic nitrogens is 3. The van der Waals surface area contributed by atoms with Crippen LogP contribution in [0.2, 0.25) is 0 Å². The molecule has 11 rings (SSSR count). The Kier molecular flexibility index (Phi) is 5.23. The number of fused-ring (bicyclic) bond motifs is 9. The van der Waals surface area contributed by atoms with Gasteiger partial charge in [0.25, 0.3) is 0 Å². The van der Waals surface area contributed by atoms with Gasteiger partial charge in [-0.3, -0.25) is 0 Å². The van der Waals surface area contributed by atoms with Gasteiger partial charge in [0, 0.05) is 53.2 Å². The van der Waals surface area contributed by atoms with Gasteiger partial charge in [0.15, 0.2) is 17.5 Å². The van der Waals surface area contributed by atoms with Gasteiger partial charge in [0.05, 0.1) is 0 Å². The lowest BCUT2D eigenvalue weighted by molar-refractivity contribution is 0.669. The van der Waals surface area contributed by atoms with Crippen LogP contribution in [0.15, 0.2) is 144 Å². The van der Waals surface area contributed by atoms with Crippen LogP contribution in [0.3, 0.4) is 0 Å². The number of rotatable bonds is 3. The molecular weight excluding hydrogens is 607 g/mol. The number of para-hydroxylation sites is 1. The first-order chi connectivity index (χ1) is 23.8. The second-order valence-corrected chi connectivity index (χ2v) is 13.4. The maximum atomic E-state index is 6.57. The molecule has 48 heavy (non-hydrogen) atoms. The van der Waals surface area contributed by atoms with Crippen molar-refractivity contribution in [2.45, 2.75) is 0 Å². The van der Waals surface area contributed by atoms with Crippen LogP contribution in [0.5, 0.6) is 0 Å². The Hall–Kier alpha value is -6.17. The van der Waals surface area contributed by atoms with Gasteiger partial charge in [0.1, 0.15) is 11.2 Å². The van der Waals surface area contributed by atoms with Crippen LogP contribution in [-0.2, 0) is 0 Å². The lowest BCUT2D eigenvalue weighted by Crippen LogP contribution is -2.01. The average molecular weight is 630 g/mol. The molecule has 0 unspecified atom stereocenters. The average Bonchev–Trinajstić information content (AvgIpc) is 3.81. The smallest absolute Gasteiger partial charge is 0.165 e. The van der Waals surface area contributed by atoms with E-state index in [-0.39, 0.29) is 0 Å². The van der Waals surface area contributed by atoms with E-state index in [4.69, 9.17) is 19.4 Å². The molecule has 0 N–H and O–H groups in total. The van der Waals surface area contributed by atoms with Crippen molar-refractivity contribution < 1.29 is 4.42 Å². The predicted octanol–water partition coefficient (Wildman–Crippen LogP) is 11.9. The van der Waals surface area contributed by atoms with Crippen molar-refractivity contribution in [1.82, 2.24) is 15.0 Å².